The molecule has 170 valence electrons. The molecule has 4 rings (SSSR count). The van der Waals surface area contributed by atoms with Crippen LogP contribution in [0, 0.1) is 11.8 Å². The second kappa shape index (κ2) is 10.4. The van der Waals surface area contributed by atoms with Crippen molar-refractivity contribution >= 4 is 40.1 Å². The van der Waals surface area contributed by atoms with E-state index >= 15 is 0 Å². The number of halogens is 1. The van der Waals surface area contributed by atoms with Crippen LogP contribution >= 0.6 is 11.6 Å². The van der Waals surface area contributed by atoms with Crippen molar-refractivity contribution in [2.45, 2.75) is 25.7 Å². The highest BCUT2D eigenvalue weighted by Crippen LogP contribution is 2.28. The normalized spacial score (nSPS) is 17.8. The Labute approximate surface area is 196 Å². The van der Waals surface area contributed by atoms with Gasteiger partial charge >= 0.3 is 0 Å². The summed E-state index contributed by atoms with van der Waals surface area (Å²) in [6.07, 6.45) is 4.52. The van der Waals surface area contributed by atoms with E-state index in [1.807, 2.05) is 36.4 Å². The first-order valence-corrected chi connectivity index (χ1v) is 11.4. The van der Waals surface area contributed by atoms with Gasteiger partial charge in [0, 0.05) is 24.2 Å². The molecule has 1 aliphatic carbocycles. The number of pyridine rings is 1. The van der Waals surface area contributed by atoms with Gasteiger partial charge in [0.05, 0.1) is 5.56 Å². The van der Waals surface area contributed by atoms with Crippen LogP contribution < -0.4 is 16.2 Å². The Hall–Kier alpha value is -3.45. The molecule has 1 heterocycles. The summed E-state index contributed by atoms with van der Waals surface area (Å²) in [6, 6.07) is 16.3. The van der Waals surface area contributed by atoms with Crippen molar-refractivity contribution in [1.29, 1.82) is 0 Å². The number of benzene rings is 2. The van der Waals surface area contributed by atoms with E-state index in [0.717, 1.165) is 23.6 Å². The van der Waals surface area contributed by atoms with E-state index in [1.54, 1.807) is 18.2 Å². The van der Waals surface area contributed by atoms with E-state index in [1.165, 1.54) is 6.20 Å². The minimum Gasteiger partial charge on any atom is -0.352 e. The van der Waals surface area contributed by atoms with Crippen molar-refractivity contribution in [3.05, 3.63) is 77.1 Å². The fourth-order valence-electron chi connectivity index (χ4n) is 4.19. The van der Waals surface area contributed by atoms with Crippen LogP contribution in [-0.4, -0.2) is 29.3 Å². The molecule has 3 aromatic rings. The summed E-state index contributed by atoms with van der Waals surface area (Å²) >= 11 is 5.75. The summed E-state index contributed by atoms with van der Waals surface area (Å²) < 4.78 is 0. The minimum absolute atomic E-state index is 0.162. The zero-order valence-electron chi connectivity index (χ0n) is 18.0. The monoisotopic (exact) mass is 464 g/mol. The van der Waals surface area contributed by atoms with E-state index < -0.39 is 0 Å². The lowest BCUT2D eigenvalue weighted by Gasteiger charge is -2.27. The van der Waals surface area contributed by atoms with Gasteiger partial charge in [0.25, 0.3) is 11.8 Å². The Balaban J connectivity index is 1.22. The van der Waals surface area contributed by atoms with Gasteiger partial charge in [0.2, 0.25) is 5.91 Å². The molecule has 0 atom stereocenters. The van der Waals surface area contributed by atoms with E-state index in [0.29, 0.717) is 41.6 Å². The Morgan fingerprint density at radius 2 is 1.64 bits per heavy atom. The molecule has 1 fully saturated rings. The van der Waals surface area contributed by atoms with E-state index in [9.17, 15) is 14.4 Å². The Morgan fingerprint density at radius 3 is 2.39 bits per heavy atom. The summed E-state index contributed by atoms with van der Waals surface area (Å²) in [5.74, 6) is -0.560. The standard InChI is InChI=1S/C25H25ClN4O3/c26-22-13-12-19(15-27-22)23(31)28-14-16-8-10-18(11-9-16)24(32)29-30-25(33)21-7-3-5-17-4-1-2-6-20(17)21/h1-7,12-13,15-16,18H,8-11,14H2,(H,28,31)(H,29,32)(H,30,33). The molecule has 7 nitrogen and oxygen atoms in total. The molecule has 0 bridgehead atoms. The lowest BCUT2D eigenvalue weighted by atomic mass is 9.81. The van der Waals surface area contributed by atoms with E-state index in [-0.39, 0.29) is 23.6 Å². The highest BCUT2D eigenvalue weighted by atomic mass is 35.5. The average molecular weight is 465 g/mol. The van der Waals surface area contributed by atoms with Crippen LogP contribution in [0.5, 0.6) is 0 Å². The van der Waals surface area contributed by atoms with Crippen molar-refractivity contribution in [3.63, 3.8) is 0 Å². The molecule has 3 amide bonds. The van der Waals surface area contributed by atoms with Gasteiger partial charge in [-0.3, -0.25) is 25.2 Å². The number of nitrogens with one attached hydrogen (secondary N) is 3. The largest absolute Gasteiger partial charge is 0.352 e. The van der Waals surface area contributed by atoms with Crippen molar-refractivity contribution in [2.24, 2.45) is 11.8 Å². The van der Waals surface area contributed by atoms with Gasteiger partial charge in [-0.15, -0.1) is 0 Å². The van der Waals surface area contributed by atoms with Crippen LogP contribution in [0.3, 0.4) is 0 Å². The zero-order valence-corrected chi connectivity index (χ0v) is 18.8. The van der Waals surface area contributed by atoms with Crippen LogP contribution in [-0.2, 0) is 4.79 Å². The summed E-state index contributed by atoms with van der Waals surface area (Å²) in [5, 5.41) is 5.07. The highest BCUT2D eigenvalue weighted by molar-refractivity contribution is 6.29. The van der Waals surface area contributed by atoms with Crippen molar-refractivity contribution in [3.8, 4) is 0 Å². The molecule has 33 heavy (non-hydrogen) atoms. The fraction of sp³-hybridized carbons (Fsp3) is 0.280. The number of carbonyl (C=O) groups excluding carboxylic acids is 3. The third-order valence-electron chi connectivity index (χ3n) is 6.09. The molecule has 1 aromatic heterocycles. The highest BCUT2D eigenvalue weighted by Gasteiger charge is 2.27. The third kappa shape index (κ3) is 5.68. The number of amides is 3. The van der Waals surface area contributed by atoms with Gasteiger partial charge in [0.1, 0.15) is 5.15 Å². The lowest BCUT2D eigenvalue weighted by molar-refractivity contribution is -0.127. The summed E-state index contributed by atoms with van der Waals surface area (Å²) in [4.78, 5) is 41.3. The molecule has 8 heteroatoms. The maximum Gasteiger partial charge on any atom is 0.270 e. The molecule has 1 aliphatic rings. The summed E-state index contributed by atoms with van der Waals surface area (Å²) in [5.41, 5.74) is 6.12. The number of hydrogen-bond donors (Lipinski definition) is 3. The van der Waals surface area contributed by atoms with Gasteiger partial charge < -0.3 is 5.32 Å². The second-order valence-electron chi connectivity index (χ2n) is 8.27. The maximum absolute atomic E-state index is 12.6. The van der Waals surface area contributed by atoms with Gasteiger partial charge in [-0.25, -0.2) is 4.98 Å². The van der Waals surface area contributed by atoms with Crippen molar-refractivity contribution in [1.82, 2.24) is 21.2 Å². The van der Waals surface area contributed by atoms with Gasteiger partial charge in [-0.2, -0.15) is 0 Å². The van der Waals surface area contributed by atoms with Crippen molar-refractivity contribution in [2.75, 3.05) is 6.54 Å². The SMILES string of the molecule is O=C(NCC1CCC(C(=O)NNC(=O)c2cccc3ccccc23)CC1)c1ccc(Cl)nc1. The molecule has 0 saturated heterocycles. The van der Waals surface area contributed by atoms with Crippen LogP contribution in [0.4, 0.5) is 0 Å². The quantitative estimate of drug-likeness (QED) is 0.394. The van der Waals surface area contributed by atoms with Crippen LogP contribution in [0.25, 0.3) is 10.8 Å². The molecule has 0 aliphatic heterocycles. The van der Waals surface area contributed by atoms with Crippen LogP contribution in [0.15, 0.2) is 60.8 Å². The third-order valence-corrected chi connectivity index (χ3v) is 6.32. The predicted octanol–water partition coefficient (Wildman–Crippen LogP) is 3.89. The average Bonchev–Trinajstić information content (AvgIpc) is 2.86. The number of fused-ring (bicyclic) bond motifs is 1. The fourth-order valence-corrected chi connectivity index (χ4v) is 4.30. The molecule has 0 radical (unpaired) electrons. The number of aromatic nitrogens is 1. The molecular formula is C25H25ClN4O3. The number of carbonyl (C=O) groups is 3. The molecule has 3 N–H and O–H groups in total. The van der Waals surface area contributed by atoms with Gasteiger partial charge in [-0.05, 0) is 60.6 Å². The molecule has 0 unspecified atom stereocenters. The summed E-state index contributed by atoms with van der Waals surface area (Å²) in [7, 11) is 0. The number of nitrogens with zero attached hydrogens (tertiary/aromatic N) is 1. The molecule has 2 aromatic carbocycles. The zero-order chi connectivity index (χ0) is 23.2. The minimum atomic E-state index is -0.340. The van der Waals surface area contributed by atoms with E-state index in [2.05, 4.69) is 21.2 Å². The first-order chi connectivity index (χ1) is 16.0. The van der Waals surface area contributed by atoms with Gasteiger partial charge in [0.15, 0.2) is 0 Å². The molecular weight excluding hydrogens is 440 g/mol. The predicted molar refractivity (Wildman–Crippen MR) is 127 cm³/mol. The van der Waals surface area contributed by atoms with E-state index in [4.69, 9.17) is 11.6 Å². The smallest absolute Gasteiger partial charge is 0.270 e. The topological polar surface area (TPSA) is 100 Å². The molecule has 0 spiro atoms. The number of hydrazine groups is 1. The molecule has 1 saturated carbocycles. The second-order valence-corrected chi connectivity index (χ2v) is 8.65. The number of hydrogen-bond acceptors (Lipinski definition) is 4. The Kier molecular flexibility index (Phi) is 7.19. The Morgan fingerprint density at radius 1 is 0.879 bits per heavy atom. The maximum atomic E-state index is 12.6. The number of rotatable bonds is 5. The Bertz CT molecular complexity index is 1150. The first kappa shape index (κ1) is 22.7. The van der Waals surface area contributed by atoms with Crippen LogP contribution in [0.1, 0.15) is 46.4 Å². The van der Waals surface area contributed by atoms with Gasteiger partial charge in [-0.1, -0.05) is 48.0 Å². The van der Waals surface area contributed by atoms with Crippen LogP contribution in [0.2, 0.25) is 5.15 Å². The lowest BCUT2D eigenvalue weighted by Crippen LogP contribution is -2.45. The summed E-state index contributed by atoms with van der Waals surface area (Å²) in [6.45, 7) is 0.549. The van der Waals surface area contributed by atoms with Crippen molar-refractivity contribution < 1.29 is 14.4 Å². The first-order valence-electron chi connectivity index (χ1n) is 11.0.